The first-order valence-corrected chi connectivity index (χ1v) is 11.0. The van der Waals surface area contributed by atoms with E-state index in [1.165, 1.54) is 0 Å². The Hall–Kier alpha value is -2.02. The minimum absolute atomic E-state index is 0.109. The van der Waals surface area contributed by atoms with Crippen molar-refractivity contribution in [1.29, 1.82) is 0 Å². The van der Waals surface area contributed by atoms with E-state index in [0.29, 0.717) is 28.9 Å². The number of piperidine rings is 1. The summed E-state index contributed by atoms with van der Waals surface area (Å²) in [6, 6.07) is 11.0. The first kappa shape index (κ1) is 20.3. The zero-order valence-electron chi connectivity index (χ0n) is 15.6. The second kappa shape index (κ2) is 8.78. The van der Waals surface area contributed by atoms with Gasteiger partial charge in [-0.25, -0.2) is 4.98 Å². The van der Waals surface area contributed by atoms with Gasteiger partial charge in [0.15, 0.2) is 5.13 Å². The van der Waals surface area contributed by atoms with Gasteiger partial charge in [-0.2, -0.15) is 0 Å². The Morgan fingerprint density at radius 2 is 2.00 bits per heavy atom. The average molecular weight is 451 g/mol. The molecule has 2 aromatic carbocycles. The number of aliphatic carboxylic acids is 1. The van der Waals surface area contributed by atoms with E-state index in [1.807, 2.05) is 18.2 Å². The maximum Gasteiger partial charge on any atom is 0.307 e. The summed E-state index contributed by atoms with van der Waals surface area (Å²) in [6.07, 6.45) is 1.93. The quantitative estimate of drug-likeness (QED) is 0.534. The molecular formula is C21H20Cl2N2O3S. The van der Waals surface area contributed by atoms with Crippen molar-refractivity contribution in [2.24, 2.45) is 5.92 Å². The summed E-state index contributed by atoms with van der Waals surface area (Å²) < 4.78 is 7.04. The highest BCUT2D eigenvalue weighted by atomic mass is 35.5. The van der Waals surface area contributed by atoms with Gasteiger partial charge in [-0.15, -0.1) is 0 Å². The molecular weight excluding hydrogens is 431 g/mol. The summed E-state index contributed by atoms with van der Waals surface area (Å²) in [5.74, 6) is 0.207. The number of hydrogen-bond acceptors (Lipinski definition) is 5. The van der Waals surface area contributed by atoms with Crippen LogP contribution in [0.1, 0.15) is 18.4 Å². The van der Waals surface area contributed by atoms with Gasteiger partial charge in [0.2, 0.25) is 0 Å². The maximum absolute atomic E-state index is 10.9. The lowest BCUT2D eigenvalue weighted by Crippen LogP contribution is -2.35. The van der Waals surface area contributed by atoms with Crippen molar-refractivity contribution in [1.82, 2.24) is 4.98 Å². The van der Waals surface area contributed by atoms with Crippen LogP contribution < -0.4 is 9.64 Å². The number of nitrogens with zero attached hydrogens (tertiary/aromatic N) is 2. The highest BCUT2D eigenvalue weighted by Crippen LogP contribution is 2.33. The molecule has 4 rings (SSSR count). The Kier molecular flexibility index (Phi) is 6.13. The third kappa shape index (κ3) is 4.94. The molecule has 0 spiro atoms. The molecule has 0 aliphatic carbocycles. The van der Waals surface area contributed by atoms with Crippen molar-refractivity contribution < 1.29 is 14.6 Å². The first-order chi connectivity index (χ1) is 14.0. The fraction of sp³-hybridized carbons (Fsp3) is 0.333. The van der Waals surface area contributed by atoms with Crippen LogP contribution in [0.3, 0.4) is 0 Å². The summed E-state index contributed by atoms with van der Waals surface area (Å²) in [5.41, 5.74) is 1.56. The van der Waals surface area contributed by atoms with E-state index in [0.717, 1.165) is 46.3 Å². The molecule has 0 amide bonds. The molecule has 5 nitrogen and oxygen atoms in total. The van der Waals surface area contributed by atoms with Crippen LogP contribution in [0.25, 0.3) is 10.2 Å². The Morgan fingerprint density at radius 1 is 1.21 bits per heavy atom. The topological polar surface area (TPSA) is 62.7 Å². The van der Waals surface area contributed by atoms with Crippen LogP contribution in [0.15, 0.2) is 36.4 Å². The van der Waals surface area contributed by atoms with Crippen molar-refractivity contribution in [3.8, 4) is 5.75 Å². The largest absolute Gasteiger partial charge is 0.493 e. The molecule has 1 aliphatic heterocycles. The highest BCUT2D eigenvalue weighted by molar-refractivity contribution is 7.22. The van der Waals surface area contributed by atoms with Gasteiger partial charge in [0.05, 0.1) is 23.2 Å². The van der Waals surface area contributed by atoms with Gasteiger partial charge >= 0.3 is 5.97 Å². The maximum atomic E-state index is 10.9. The zero-order chi connectivity index (χ0) is 20.4. The first-order valence-electron chi connectivity index (χ1n) is 9.42. The van der Waals surface area contributed by atoms with Crippen molar-refractivity contribution in [3.05, 3.63) is 52.0 Å². The number of anilines is 1. The molecule has 152 valence electrons. The van der Waals surface area contributed by atoms with E-state index in [4.69, 9.17) is 38.0 Å². The Balaban J connectivity index is 1.32. The van der Waals surface area contributed by atoms with Crippen molar-refractivity contribution >= 4 is 55.9 Å². The van der Waals surface area contributed by atoms with Crippen LogP contribution >= 0.6 is 34.5 Å². The van der Waals surface area contributed by atoms with Crippen LogP contribution in [0.2, 0.25) is 10.0 Å². The molecule has 1 saturated heterocycles. The fourth-order valence-corrected chi connectivity index (χ4v) is 4.94. The molecule has 0 unspecified atom stereocenters. The monoisotopic (exact) mass is 450 g/mol. The molecule has 8 heteroatoms. The molecule has 0 saturated carbocycles. The average Bonchev–Trinajstić information content (AvgIpc) is 3.12. The third-order valence-electron chi connectivity index (χ3n) is 5.07. The number of aromatic nitrogens is 1. The molecule has 0 radical (unpaired) electrons. The number of fused-ring (bicyclic) bond motifs is 1. The third-order valence-corrected chi connectivity index (χ3v) is 6.75. The molecule has 2 heterocycles. The Bertz CT molecular complexity index is 1030. The Labute approximate surface area is 182 Å². The van der Waals surface area contributed by atoms with E-state index in [1.54, 1.807) is 29.5 Å². The number of carboxylic acid groups (broad SMARTS) is 1. The molecule has 0 bridgehead atoms. The summed E-state index contributed by atoms with van der Waals surface area (Å²) in [5, 5.41) is 11.2. The lowest BCUT2D eigenvalue weighted by atomic mass is 9.98. The molecule has 1 N–H and O–H groups in total. The van der Waals surface area contributed by atoms with Crippen LogP contribution in [-0.2, 0) is 11.2 Å². The van der Waals surface area contributed by atoms with Gasteiger partial charge in [-0.05, 0) is 60.7 Å². The van der Waals surface area contributed by atoms with Crippen molar-refractivity contribution in [3.63, 3.8) is 0 Å². The van der Waals surface area contributed by atoms with Crippen LogP contribution in [0, 0.1) is 5.92 Å². The standard InChI is InChI=1S/C21H20Cl2N2O3S/c22-15-1-4-18-19(11-15)29-21(24-18)25-7-5-13(6-8-25)12-28-16-2-3-17(23)14(9-16)10-20(26)27/h1-4,9,11,13H,5-8,10,12H2,(H,26,27). The van der Waals surface area contributed by atoms with Gasteiger partial charge in [-0.3, -0.25) is 4.79 Å². The number of hydrogen-bond donors (Lipinski definition) is 1. The minimum atomic E-state index is -0.909. The predicted molar refractivity (Wildman–Crippen MR) is 118 cm³/mol. The van der Waals surface area contributed by atoms with Crippen LogP contribution in [0.4, 0.5) is 5.13 Å². The second-order valence-electron chi connectivity index (χ2n) is 7.17. The zero-order valence-corrected chi connectivity index (χ0v) is 17.9. The van der Waals surface area contributed by atoms with Gasteiger partial charge < -0.3 is 14.7 Å². The van der Waals surface area contributed by atoms with E-state index < -0.39 is 5.97 Å². The second-order valence-corrected chi connectivity index (χ2v) is 9.03. The van der Waals surface area contributed by atoms with E-state index in [2.05, 4.69) is 4.90 Å². The number of carboxylic acids is 1. The van der Waals surface area contributed by atoms with E-state index >= 15 is 0 Å². The van der Waals surface area contributed by atoms with Gasteiger partial charge in [-0.1, -0.05) is 34.5 Å². The summed E-state index contributed by atoms with van der Waals surface area (Å²) >= 11 is 13.8. The number of halogens is 2. The molecule has 29 heavy (non-hydrogen) atoms. The molecule has 1 aliphatic rings. The normalized spacial score (nSPS) is 15.0. The number of benzene rings is 2. The molecule has 3 aromatic rings. The van der Waals surface area contributed by atoms with Gasteiger partial charge in [0.25, 0.3) is 0 Å². The predicted octanol–water partition coefficient (Wildman–Crippen LogP) is 5.53. The minimum Gasteiger partial charge on any atom is -0.493 e. The number of carbonyl (C=O) groups is 1. The van der Waals surface area contributed by atoms with Crippen LogP contribution in [0.5, 0.6) is 5.75 Å². The van der Waals surface area contributed by atoms with Crippen molar-refractivity contribution in [2.75, 3.05) is 24.6 Å². The lowest BCUT2D eigenvalue weighted by molar-refractivity contribution is -0.136. The summed E-state index contributed by atoms with van der Waals surface area (Å²) in [4.78, 5) is 18.0. The van der Waals surface area contributed by atoms with E-state index in [-0.39, 0.29) is 6.42 Å². The number of thiazole rings is 1. The summed E-state index contributed by atoms with van der Waals surface area (Å²) in [6.45, 7) is 2.48. The lowest BCUT2D eigenvalue weighted by Gasteiger charge is -2.31. The van der Waals surface area contributed by atoms with Gasteiger partial charge in [0, 0.05) is 23.1 Å². The smallest absolute Gasteiger partial charge is 0.307 e. The van der Waals surface area contributed by atoms with Crippen molar-refractivity contribution in [2.45, 2.75) is 19.3 Å². The van der Waals surface area contributed by atoms with Crippen LogP contribution in [-0.4, -0.2) is 35.8 Å². The molecule has 1 fully saturated rings. The molecule has 1 aromatic heterocycles. The van der Waals surface area contributed by atoms with E-state index in [9.17, 15) is 4.79 Å². The Morgan fingerprint density at radius 3 is 2.76 bits per heavy atom. The van der Waals surface area contributed by atoms with Gasteiger partial charge in [0.1, 0.15) is 5.75 Å². The highest BCUT2D eigenvalue weighted by Gasteiger charge is 2.22. The number of rotatable bonds is 6. The molecule has 0 atom stereocenters. The summed E-state index contributed by atoms with van der Waals surface area (Å²) in [7, 11) is 0. The number of ether oxygens (including phenoxy) is 1. The SMILES string of the molecule is O=C(O)Cc1cc(OCC2CCN(c3nc4ccc(Cl)cc4s3)CC2)ccc1Cl. The fourth-order valence-electron chi connectivity index (χ4n) is 3.47.